The fraction of sp³-hybridized carbons (Fsp3) is 0.875. The van der Waals surface area contributed by atoms with Gasteiger partial charge in [0, 0.05) is 19.0 Å². The second-order valence-electron chi connectivity index (χ2n) is 2.85. The highest BCUT2D eigenvalue weighted by Gasteiger charge is 2.28. The molecule has 1 fully saturated rings. The molecule has 11 heavy (non-hydrogen) atoms. The van der Waals surface area contributed by atoms with Crippen molar-refractivity contribution in [1.82, 2.24) is 4.90 Å². The van der Waals surface area contributed by atoms with E-state index in [4.69, 9.17) is 0 Å². The minimum atomic E-state index is -0.311. The lowest BCUT2D eigenvalue weighted by atomic mass is 10.1. The molecule has 1 saturated heterocycles. The normalized spacial score (nSPS) is 24.7. The number of hydrogen-bond donors (Lipinski definition) is 0. The molecule has 0 aromatic heterocycles. The lowest BCUT2D eigenvalue weighted by Gasteiger charge is -2.21. The smallest absolute Gasteiger partial charge is 0.222 e. The van der Waals surface area contributed by atoms with Gasteiger partial charge in [-0.05, 0) is 19.8 Å². The predicted molar refractivity (Wildman–Crippen MR) is 41.0 cm³/mol. The van der Waals surface area contributed by atoms with Gasteiger partial charge in [0.15, 0.2) is 0 Å². The van der Waals surface area contributed by atoms with Gasteiger partial charge < -0.3 is 4.90 Å². The minimum absolute atomic E-state index is 0.178. The molecule has 1 unspecified atom stereocenters. The van der Waals surface area contributed by atoms with E-state index in [1.165, 1.54) is 0 Å². The maximum atomic E-state index is 11.9. The SMILES string of the molecule is CCN1C(=O)CCC1CCF. The van der Waals surface area contributed by atoms with Crippen molar-refractivity contribution in [3.63, 3.8) is 0 Å². The van der Waals surface area contributed by atoms with Crippen LogP contribution in [0.1, 0.15) is 26.2 Å². The number of amides is 1. The van der Waals surface area contributed by atoms with Crippen molar-refractivity contribution < 1.29 is 9.18 Å². The zero-order chi connectivity index (χ0) is 8.27. The standard InChI is InChI=1S/C8H14FNO/c1-2-10-7(5-6-9)3-4-8(10)11/h7H,2-6H2,1H3. The second-order valence-corrected chi connectivity index (χ2v) is 2.85. The van der Waals surface area contributed by atoms with Crippen LogP contribution in [-0.2, 0) is 4.79 Å². The maximum absolute atomic E-state index is 11.9. The van der Waals surface area contributed by atoms with Gasteiger partial charge in [-0.25, -0.2) is 0 Å². The molecular weight excluding hydrogens is 145 g/mol. The van der Waals surface area contributed by atoms with Crippen molar-refractivity contribution >= 4 is 5.91 Å². The molecule has 2 nitrogen and oxygen atoms in total. The summed E-state index contributed by atoms with van der Waals surface area (Å²) in [5.41, 5.74) is 0. The first-order chi connectivity index (χ1) is 5.29. The highest BCUT2D eigenvalue weighted by molar-refractivity contribution is 5.78. The molecule has 1 atom stereocenters. The molecular formula is C8H14FNO. The van der Waals surface area contributed by atoms with E-state index in [1.54, 1.807) is 4.90 Å². The van der Waals surface area contributed by atoms with Gasteiger partial charge in [-0.1, -0.05) is 0 Å². The molecule has 1 aliphatic rings. The van der Waals surface area contributed by atoms with Gasteiger partial charge in [-0.3, -0.25) is 9.18 Å². The van der Waals surface area contributed by atoms with Crippen molar-refractivity contribution in [1.29, 1.82) is 0 Å². The summed E-state index contributed by atoms with van der Waals surface area (Å²) in [6.45, 7) is 2.35. The van der Waals surface area contributed by atoms with E-state index in [1.807, 2.05) is 6.92 Å². The van der Waals surface area contributed by atoms with Gasteiger partial charge in [0.05, 0.1) is 6.67 Å². The summed E-state index contributed by atoms with van der Waals surface area (Å²) in [5, 5.41) is 0. The monoisotopic (exact) mass is 159 g/mol. The summed E-state index contributed by atoms with van der Waals surface area (Å²) >= 11 is 0. The van der Waals surface area contributed by atoms with Gasteiger partial charge in [-0.15, -0.1) is 0 Å². The first-order valence-corrected chi connectivity index (χ1v) is 4.15. The Morgan fingerprint density at radius 3 is 3.00 bits per heavy atom. The van der Waals surface area contributed by atoms with Crippen LogP contribution in [-0.4, -0.2) is 30.1 Å². The van der Waals surface area contributed by atoms with Gasteiger partial charge in [0.1, 0.15) is 0 Å². The molecule has 0 N–H and O–H groups in total. The van der Waals surface area contributed by atoms with Crippen molar-refractivity contribution in [2.24, 2.45) is 0 Å². The van der Waals surface area contributed by atoms with Gasteiger partial charge in [-0.2, -0.15) is 0 Å². The quantitative estimate of drug-likeness (QED) is 0.608. The second kappa shape index (κ2) is 3.69. The van der Waals surface area contributed by atoms with E-state index in [0.29, 0.717) is 12.8 Å². The Bertz CT molecular complexity index is 149. The zero-order valence-electron chi connectivity index (χ0n) is 6.85. The third-order valence-corrected chi connectivity index (χ3v) is 2.24. The average Bonchev–Trinajstić information content (AvgIpc) is 2.33. The van der Waals surface area contributed by atoms with Crippen molar-refractivity contribution in [3.8, 4) is 0 Å². The Labute approximate surface area is 66.4 Å². The van der Waals surface area contributed by atoms with Crippen LogP contribution >= 0.6 is 0 Å². The Morgan fingerprint density at radius 2 is 2.45 bits per heavy atom. The number of carbonyl (C=O) groups is 1. The van der Waals surface area contributed by atoms with Crippen LogP contribution in [0.3, 0.4) is 0 Å². The van der Waals surface area contributed by atoms with E-state index in [-0.39, 0.29) is 18.6 Å². The van der Waals surface area contributed by atoms with E-state index in [9.17, 15) is 9.18 Å². The summed E-state index contributed by atoms with van der Waals surface area (Å²) < 4.78 is 11.9. The van der Waals surface area contributed by atoms with Gasteiger partial charge >= 0.3 is 0 Å². The van der Waals surface area contributed by atoms with Crippen molar-refractivity contribution in [2.45, 2.75) is 32.2 Å². The van der Waals surface area contributed by atoms with Crippen LogP contribution in [0.15, 0.2) is 0 Å². The van der Waals surface area contributed by atoms with Crippen LogP contribution in [0.5, 0.6) is 0 Å². The number of halogens is 1. The molecule has 0 bridgehead atoms. The highest BCUT2D eigenvalue weighted by Crippen LogP contribution is 2.20. The molecule has 1 rings (SSSR count). The molecule has 0 spiro atoms. The number of alkyl halides is 1. The molecule has 0 aromatic carbocycles. The van der Waals surface area contributed by atoms with Crippen molar-refractivity contribution in [3.05, 3.63) is 0 Å². The fourth-order valence-corrected chi connectivity index (χ4v) is 1.65. The van der Waals surface area contributed by atoms with Crippen LogP contribution in [0, 0.1) is 0 Å². The molecule has 0 radical (unpaired) electrons. The highest BCUT2D eigenvalue weighted by atomic mass is 19.1. The van der Waals surface area contributed by atoms with Crippen LogP contribution in [0.25, 0.3) is 0 Å². The number of carbonyl (C=O) groups excluding carboxylic acids is 1. The zero-order valence-corrected chi connectivity index (χ0v) is 6.85. The Morgan fingerprint density at radius 1 is 1.73 bits per heavy atom. The minimum Gasteiger partial charge on any atom is -0.340 e. The molecule has 1 amide bonds. The summed E-state index contributed by atoms with van der Waals surface area (Å²) in [6.07, 6.45) is 1.97. The number of rotatable bonds is 3. The number of hydrogen-bond acceptors (Lipinski definition) is 1. The molecule has 3 heteroatoms. The van der Waals surface area contributed by atoms with Crippen LogP contribution in [0.2, 0.25) is 0 Å². The molecule has 1 aliphatic heterocycles. The summed E-state index contributed by atoms with van der Waals surface area (Å²) in [5.74, 6) is 0.186. The lowest BCUT2D eigenvalue weighted by molar-refractivity contribution is -0.128. The molecule has 1 heterocycles. The first kappa shape index (κ1) is 8.50. The van der Waals surface area contributed by atoms with Gasteiger partial charge in [0.25, 0.3) is 0 Å². The van der Waals surface area contributed by atoms with E-state index < -0.39 is 0 Å². The topological polar surface area (TPSA) is 20.3 Å². The predicted octanol–water partition coefficient (Wildman–Crippen LogP) is 1.36. The first-order valence-electron chi connectivity index (χ1n) is 4.15. The average molecular weight is 159 g/mol. The van der Waals surface area contributed by atoms with E-state index >= 15 is 0 Å². The molecule has 0 aromatic rings. The number of likely N-dealkylation sites (tertiary alicyclic amines) is 1. The third-order valence-electron chi connectivity index (χ3n) is 2.24. The number of nitrogens with zero attached hydrogens (tertiary/aromatic N) is 1. The third kappa shape index (κ3) is 1.70. The molecule has 64 valence electrons. The van der Waals surface area contributed by atoms with Crippen molar-refractivity contribution in [2.75, 3.05) is 13.2 Å². The Kier molecular flexibility index (Phi) is 2.85. The Balaban J connectivity index is 2.47. The maximum Gasteiger partial charge on any atom is 0.222 e. The van der Waals surface area contributed by atoms with Crippen LogP contribution < -0.4 is 0 Å². The summed E-state index contributed by atoms with van der Waals surface area (Å²) in [4.78, 5) is 12.9. The molecule has 0 saturated carbocycles. The van der Waals surface area contributed by atoms with E-state index in [2.05, 4.69) is 0 Å². The summed E-state index contributed by atoms with van der Waals surface area (Å²) in [6, 6.07) is 0.178. The van der Waals surface area contributed by atoms with Crippen LogP contribution in [0.4, 0.5) is 4.39 Å². The lowest BCUT2D eigenvalue weighted by Crippen LogP contribution is -2.32. The largest absolute Gasteiger partial charge is 0.340 e. The van der Waals surface area contributed by atoms with E-state index in [0.717, 1.165) is 13.0 Å². The fourth-order valence-electron chi connectivity index (χ4n) is 1.65. The van der Waals surface area contributed by atoms with Gasteiger partial charge in [0.2, 0.25) is 5.91 Å². The molecule has 0 aliphatic carbocycles. The summed E-state index contributed by atoms with van der Waals surface area (Å²) in [7, 11) is 0. The Hall–Kier alpha value is -0.600.